The van der Waals surface area contributed by atoms with Crippen LogP contribution in [-0.2, 0) is 15.1 Å². The highest BCUT2D eigenvalue weighted by atomic mass is 19.3. The Bertz CT molecular complexity index is 810. The van der Waals surface area contributed by atoms with Crippen LogP contribution in [0.3, 0.4) is 0 Å². The molecule has 1 saturated carbocycles. The predicted octanol–water partition coefficient (Wildman–Crippen LogP) is 8.36. The van der Waals surface area contributed by atoms with Crippen LogP contribution >= 0.6 is 0 Å². The summed E-state index contributed by atoms with van der Waals surface area (Å²) in [5.41, 5.74) is 0.300. The number of hydrogen-bond acceptors (Lipinski definition) is 2. The third-order valence-corrected chi connectivity index (χ3v) is 7.56. The third kappa shape index (κ3) is 7.24. The van der Waals surface area contributed by atoms with E-state index in [4.69, 9.17) is 4.74 Å². The first kappa shape index (κ1) is 26.6. The van der Waals surface area contributed by atoms with Crippen LogP contribution in [0.25, 0.3) is 0 Å². The van der Waals surface area contributed by atoms with E-state index in [-0.39, 0.29) is 0 Å². The molecule has 1 fully saturated rings. The van der Waals surface area contributed by atoms with Crippen LogP contribution in [0, 0.1) is 11.8 Å². The Morgan fingerprint density at radius 1 is 1.00 bits per heavy atom. The Balaban J connectivity index is 1.62. The number of carbonyl (C=O) groups is 1. The molecule has 0 spiro atoms. The van der Waals surface area contributed by atoms with E-state index in [2.05, 4.69) is 6.92 Å². The number of unbranched alkanes of at least 4 members (excludes halogenated alkanes) is 6. The van der Waals surface area contributed by atoms with Crippen molar-refractivity contribution in [3.63, 3.8) is 0 Å². The molecule has 2 aliphatic carbocycles. The molecule has 3 nitrogen and oxygen atoms in total. The van der Waals surface area contributed by atoms with Crippen LogP contribution in [0.4, 0.5) is 8.78 Å². The fraction of sp³-hybridized carbons (Fsp3) is 0.621. The fourth-order valence-electron chi connectivity index (χ4n) is 5.61. The molecule has 0 amide bonds. The van der Waals surface area contributed by atoms with E-state index in [1.807, 2.05) is 24.3 Å². The van der Waals surface area contributed by atoms with Gasteiger partial charge in [0.05, 0.1) is 5.92 Å². The van der Waals surface area contributed by atoms with Gasteiger partial charge in [0.2, 0.25) is 0 Å². The molecule has 0 radical (unpaired) electrons. The zero-order valence-electron chi connectivity index (χ0n) is 20.4. The lowest BCUT2D eigenvalue weighted by Gasteiger charge is -2.36. The molecule has 2 aliphatic rings. The lowest BCUT2D eigenvalue weighted by molar-refractivity contribution is -0.180. The van der Waals surface area contributed by atoms with E-state index in [0.717, 1.165) is 24.3 Å². The largest absolute Gasteiger partial charge is 0.481 e. The maximum Gasteiger partial charge on any atom is 0.346 e. The number of aliphatic carboxylic acids is 1. The molecule has 0 aliphatic heterocycles. The third-order valence-electron chi connectivity index (χ3n) is 7.56. The first-order valence-electron chi connectivity index (χ1n) is 13.1. The van der Waals surface area contributed by atoms with Crippen molar-refractivity contribution in [2.75, 3.05) is 0 Å². The maximum absolute atomic E-state index is 13.5. The summed E-state index contributed by atoms with van der Waals surface area (Å²) in [7, 11) is 0. The van der Waals surface area contributed by atoms with Crippen LogP contribution < -0.4 is 0 Å². The lowest BCUT2D eigenvalue weighted by atomic mass is 9.73. The van der Waals surface area contributed by atoms with Crippen molar-refractivity contribution in [2.24, 2.45) is 11.8 Å². The first-order valence-corrected chi connectivity index (χ1v) is 13.1. The monoisotopic (exact) mass is 474 g/mol. The van der Waals surface area contributed by atoms with Gasteiger partial charge in [0.15, 0.2) is 0 Å². The predicted molar refractivity (Wildman–Crippen MR) is 132 cm³/mol. The molecule has 3 rings (SSSR count). The molecule has 1 N–H and O–H groups in total. The van der Waals surface area contributed by atoms with Crippen molar-refractivity contribution in [3.05, 3.63) is 59.7 Å². The second-order valence-corrected chi connectivity index (χ2v) is 9.97. The minimum atomic E-state index is -2.97. The summed E-state index contributed by atoms with van der Waals surface area (Å²) in [5.74, 6) is -0.774. The van der Waals surface area contributed by atoms with Gasteiger partial charge in [-0.05, 0) is 60.8 Å². The number of benzene rings is 1. The van der Waals surface area contributed by atoms with E-state index in [0.29, 0.717) is 11.5 Å². The van der Waals surface area contributed by atoms with Crippen LogP contribution in [0.5, 0.6) is 0 Å². The number of rotatable bonds is 13. The summed E-state index contributed by atoms with van der Waals surface area (Å²) >= 11 is 0. The Kier molecular flexibility index (Phi) is 10.3. The van der Waals surface area contributed by atoms with Crippen molar-refractivity contribution >= 4 is 5.97 Å². The highest BCUT2D eigenvalue weighted by Crippen LogP contribution is 2.44. The molecule has 0 unspecified atom stereocenters. The van der Waals surface area contributed by atoms with Gasteiger partial charge in [0.25, 0.3) is 0 Å². The van der Waals surface area contributed by atoms with Gasteiger partial charge in [-0.15, -0.1) is 0 Å². The van der Waals surface area contributed by atoms with E-state index < -0.39 is 24.1 Å². The summed E-state index contributed by atoms with van der Waals surface area (Å²) in [5, 5.41) is 9.28. The molecule has 34 heavy (non-hydrogen) atoms. The zero-order valence-corrected chi connectivity index (χ0v) is 20.4. The number of hydrogen-bond donors (Lipinski definition) is 1. The molecule has 0 atom stereocenters. The second kappa shape index (κ2) is 13.2. The van der Waals surface area contributed by atoms with Crippen molar-refractivity contribution in [1.82, 2.24) is 0 Å². The van der Waals surface area contributed by atoms with E-state index in [9.17, 15) is 18.7 Å². The van der Waals surface area contributed by atoms with Gasteiger partial charge < -0.3 is 9.84 Å². The van der Waals surface area contributed by atoms with E-state index in [1.54, 1.807) is 0 Å². The number of ether oxygens (including phenoxy) is 1. The molecule has 0 saturated heterocycles. The van der Waals surface area contributed by atoms with E-state index in [1.165, 1.54) is 88.5 Å². The van der Waals surface area contributed by atoms with Gasteiger partial charge in [0, 0.05) is 0 Å². The smallest absolute Gasteiger partial charge is 0.346 e. The van der Waals surface area contributed by atoms with Gasteiger partial charge in [0.1, 0.15) is 5.60 Å². The molecule has 0 bridgehead atoms. The van der Waals surface area contributed by atoms with Gasteiger partial charge in [-0.1, -0.05) is 94.7 Å². The maximum atomic E-state index is 13.5. The molecule has 1 aromatic carbocycles. The van der Waals surface area contributed by atoms with Crippen molar-refractivity contribution < 1.29 is 23.4 Å². The Labute approximate surface area is 203 Å². The quantitative estimate of drug-likeness (QED) is 0.231. The SMILES string of the molecule is CCCCCCCCCC1CCC(c2ccccc2C2(OC(F)F)C=CC(C(=O)O)C=C2)CC1. The van der Waals surface area contributed by atoms with Crippen molar-refractivity contribution in [3.8, 4) is 0 Å². The van der Waals surface area contributed by atoms with Crippen LogP contribution in [0.1, 0.15) is 101 Å². The minimum absolute atomic E-state index is 0.304. The van der Waals surface area contributed by atoms with Gasteiger partial charge in [-0.25, -0.2) is 0 Å². The van der Waals surface area contributed by atoms with Crippen molar-refractivity contribution in [2.45, 2.75) is 102 Å². The normalized spacial score (nSPS) is 26.8. The summed E-state index contributed by atoms with van der Waals surface area (Å²) < 4.78 is 32.1. The standard InChI is InChI=1S/C29H40F2O3/c1-2-3-4-5-6-7-8-11-22-14-16-23(17-15-22)25-12-9-10-13-26(25)29(34-28(30)31)20-18-24(19-21-29)27(32)33/h9-10,12-13,18-24,28H,2-8,11,14-17H2,1H3,(H,32,33). The molecule has 0 aromatic heterocycles. The first-order chi connectivity index (χ1) is 16.4. The summed E-state index contributed by atoms with van der Waals surface area (Å²) in [6, 6.07) is 7.67. The Hall–Kier alpha value is -2.01. The molecular weight excluding hydrogens is 434 g/mol. The molecule has 188 valence electrons. The van der Waals surface area contributed by atoms with Gasteiger partial charge >= 0.3 is 12.6 Å². The van der Waals surface area contributed by atoms with Crippen molar-refractivity contribution in [1.29, 1.82) is 0 Å². The van der Waals surface area contributed by atoms with Gasteiger partial charge in [-0.2, -0.15) is 8.78 Å². The fourth-order valence-corrected chi connectivity index (χ4v) is 5.61. The topological polar surface area (TPSA) is 46.5 Å². The summed E-state index contributed by atoms with van der Waals surface area (Å²) in [4.78, 5) is 11.3. The van der Waals surface area contributed by atoms with Crippen LogP contribution in [0.15, 0.2) is 48.6 Å². The molecule has 0 heterocycles. The average Bonchev–Trinajstić information content (AvgIpc) is 2.84. The average molecular weight is 475 g/mol. The highest BCUT2D eigenvalue weighted by molar-refractivity contribution is 5.75. The van der Waals surface area contributed by atoms with E-state index >= 15 is 0 Å². The van der Waals surface area contributed by atoms with Gasteiger partial charge in [-0.3, -0.25) is 4.79 Å². The highest BCUT2D eigenvalue weighted by Gasteiger charge is 2.38. The summed E-state index contributed by atoms with van der Waals surface area (Å²) in [6.07, 6.45) is 20.9. The molecule has 1 aromatic rings. The molecular formula is C29H40F2O3. The summed E-state index contributed by atoms with van der Waals surface area (Å²) in [6.45, 7) is -0.723. The van der Waals surface area contributed by atoms with Crippen LogP contribution in [-0.4, -0.2) is 17.7 Å². The Morgan fingerprint density at radius 3 is 2.24 bits per heavy atom. The number of halogens is 2. The Morgan fingerprint density at radius 2 is 1.62 bits per heavy atom. The molecule has 5 heteroatoms. The number of carboxylic acid groups (broad SMARTS) is 1. The van der Waals surface area contributed by atoms with Crippen LogP contribution in [0.2, 0.25) is 0 Å². The number of carboxylic acids is 1. The minimum Gasteiger partial charge on any atom is -0.481 e. The number of alkyl halides is 2. The second-order valence-electron chi connectivity index (χ2n) is 9.97. The zero-order chi connectivity index (χ0) is 24.4. The lowest BCUT2D eigenvalue weighted by Crippen LogP contribution is -2.32.